The molecule has 0 aromatic carbocycles. The maximum atomic E-state index is 3.54. The van der Waals surface area contributed by atoms with Crippen LogP contribution in [0.15, 0.2) is 0 Å². The van der Waals surface area contributed by atoms with Gasteiger partial charge in [0.1, 0.15) is 0 Å². The summed E-state index contributed by atoms with van der Waals surface area (Å²) in [5, 5.41) is 0. The van der Waals surface area contributed by atoms with Crippen LogP contribution in [-0.2, 0) is 0 Å². The van der Waals surface area contributed by atoms with Crippen molar-refractivity contribution < 1.29 is 2.85 Å². The van der Waals surface area contributed by atoms with E-state index in [9.17, 15) is 0 Å². The van der Waals surface area contributed by atoms with Crippen molar-refractivity contribution in [1.82, 2.24) is 0 Å². The van der Waals surface area contributed by atoms with Crippen molar-refractivity contribution >= 4 is 39.0 Å². The third-order valence-corrected chi connectivity index (χ3v) is 2.29. The number of rotatable bonds is 1. The molecule has 0 saturated heterocycles. The summed E-state index contributed by atoms with van der Waals surface area (Å²) in [5.41, 5.74) is 0. The summed E-state index contributed by atoms with van der Waals surface area (Å²) in [5.74, 6) is 0.715. The predicted molar refractivity (Wildman–Crippen MR) is 45.8 cm³/mol. The first kappa shape index (κ1) is 12.0. The molecule has 0 atom stereocenters. The Morgan fingerprint density at radius 1 is 1.38 bits per heavy atom. The van der Waals surface area contributed by atoms with Gasteiger partial charge in [-0.2, -0.15) is 0 Å². The number of alkyl halides is 1. The van der Waals surface area contributed by atoms with Crippen LogP contribution in [0.25, 0.3) is 0 Å². The van der Waals surface area contributed by atoms with Crippen LogP contribution in [0, 0.1) is 5.92 Å². The summed E-state index contributed by atoms with van der Waals surface area (Å²) in [7, 11) is 0. The van der Waals surface area contributed by atoms with Gasteiger partial charge in [0.2, 0.25) is 0 Å². The van der Waals surface area contributed by atoms with Crippen LogP contribution in [-0.4, -0.2) is 27.4 Å². The normalized spacial score (nSPS) is 11.2. The molecule has 0 amide bonds. The van der Waals surface area contributed by atoms with E-state index >= 15 is 0 Å². The van der Waals surface area contributed by atoms with Gasteiger partial charge in [-0.15, -0.1) is 0 Å². The van der Waals surface area contributed by atoms with Crippen molar-refractivity contribution in [3.63, 3.8) is 0 Å². The van der Waals surface area contributed by atoms with E-state index in [1.54, 1.807) is 0 Å². The van der Waals surface area contributed by atoms with Crippen molar-refractivity contribution in [2.75, 3.05) is 0 Å². The number of hydrogen-bond donors (Lipinski definition) is 0. The smallest absolute Gasteiger partial charge is 1.00 e. The van der Waals surface area contributed by atoms with Crippen LogP contribution in [0.1, 0.15) is 30.5 Å². The zero-order valence-electron chi connectivity index (χ0n) is 8.16. The van der Waals surface area contributed by atoms with Crippen molar-refractivity contribution in [1.29, 1.82) is 0 Å². The Morgan fingerprint density at radius 2 is 1.50 bits per heavy atom. The molecule has 0 nitrogen and oxygen atoms in total. The van der Waals surface area contributed by atoms with Crippen LogP contribution in [0.2, 0.25) is 0 Å². The van der Waals surface area contributed by atoms with Crippen LogP contribution in [0.4, 0.5) is 0 Å². The van der Waals surface area contributed by atoms with Gasteiger partial charge in [0.25, 0.3) is 0 Å². The van der Waals surface area contributed by atoms with Gasteiger partial charge in [0.15, 0.2) is 0 Å². The molecule has 0 unspecified atom stereocenters. The molecule has 0 rings (SSSR count). The third-order valence-electron chi connectivity index (χ3n) is 1.37. The van der Waals surface area contributed by atoms with Crippen molar-refractivity contribution in [3.05, 3.63) is 0 Å². The van der Waals surface area contributed by atoms with E-state index < -0.39 is 0 Å². The second-order valence-corrected chi connectivity index (χ2v) is 4.76. The standard InChI is InChI=1S/C6H13Br.Mg.2H/c1-5(2)6(3,4)7;;;/h5H,1-4H3;;;/q;+2;2*-1. The van der Waals surface area contributed by atoms with Crippen molar-refractivity contribution in [3.8, 4) is 0 Å². The van der Waals surface area contributed by atoms with Crippen molar-refractivity contribution in [2.45, 2.75) is 32.0 Å². The minimum atomic E-state index is 0. The summed E-state index contributed by atoms with van der Waals surface area (Å²) in [4.78, 5) is 0. The Labute approximate surface area is 79.7 Å². The Bertz CT molecular complexity index is 61.3. The maximum absolute atomic E-state index is 3.54. The summed E-state index contributed by atoms with van der Waals surface area (Å²) in [6, 6.07) is 0. The zero-order valence-corrected chi connectivity index (χ0v) is 9.16. The minimum absolute atomic E-state index is 0. The van der Waals surface area contributed by atoms with Gasteiger partial charge in [0.05, 0.1) is 0 Å². The summed E-state index contributed by atoms with van der Waals surface area (Å²) >= 11 is 3.54. The van der Waals surface area contributed by atoms with E-state index in [-0.39, 0.29) is 25.9 Å². The monoisotopic (exact) mass is 190 g/mol. The average molecular weight is 191 g/mol. The van der Waals surface area contributed by atoms with Gasteiger partial charge >= 0.3 is 23.1 Å². The van der Waals surface area contributed by atoms with Crippen molar-refractivity contribution in [2.24, 2.45) is 5.92 Å². The maximum Gasteiger partial charge on any atom is 2.00 e. The van der Waals surface area contributed by atoms with Gasteiger partial charge in [-0.3, -0.25) is 0 Å². The summed E-state index contributed by atoms with van der Waals surface area (Å²) < 4.78 is 0.312. The first-order valence-corrected chi connectivity index (χ1v) is 3.43. The Hall–Kier alpha value is 1.25. The predicted octanol–water partition coefficient (Wildman–Crippen LogP) is 2.66. The molecule has 0 fully saturated rings. The molecule has 0 aromatic heterocycles. The molecule has 0 spiro atoms. The van der Waals surface area contributed by atoms with Gasteiger partial charge < -0.3 is 2.85 Å². The number of halogens is 1. The second kappa shape index (κ2) is 4.12. The zero-order chi connectivity index (χ0) is 6.08. The van der Waals surface area contributed by atoms with E-state index in [1.807, 2.05) is 0 Å². The molecule has 0 bridgehead atoms. The summed E-state index contributed by atoms with van der Waals surface area (Å²) in [6.45, 7) is 8.76. The molecule has 0 aromatic rings. The Morgan fingerprint density at radius 3 is 1.50 bits per heavy atom. The fourth-order valence-corrected chi connectivity index (χ4v) is 0. The molecule has 0 radical (unpaired) electrons. The first-order chi connectivity index (χ1) is 2.94. The molecule has 0 saturated carbocycles. The molecule has 0 aliphatic carbocycles. The van der Waals surface area contributed by atoms with Crippen LogP contribution < -0.4 is 0 Å². The Balaban J connectivity index is -0.0000000600. The molecule has 2 heteroatoms. The van der Waals surface area contributed by atoms with E-state index in [1.165, 1.54) is 0 Å². The molecule has 0 heterocycles. The van der Waals surface area contributed by atoms with E-state index in [0.717, 1.165) is 0 Å². The molecule has 0 aliphatic heterocycles. The van der Waals surface area contributed by atoms with Gasteiger partial charge in [-0.25, -0.2) is 0 Å². The second-order valence-electron chi connectivity index (χ2n) is 2.72. The topological polar surface area (TPSA) is 0 Å². The number of hydrogen-bond acceptors (Lipinski definition) is 0. The largest absolute Gasteiger partial charge is 2.00 e. The third kappa shape index (κ3) is 5.38. The molecule has 0 aliphatic rings. The van der Waals surface area contributed by atoms with Gasteiger partial charge in [0, 0.05) is 4.32 Å². The fraction of sp³-hybridized carbons (Fsp3) is 1.00. The van der Waals surface area contributed by atoms with E-state index in [0.29, 0.717) is 10.2 Å². The Kier molecular flexibility index (Phi) is 6.17. The average Bonchev–Trinajstić information content (AvgIpc) is 1.31. The summed E-state index contributed by atoms with van der Waals surface area (Å²) in [6.07, 6.45) is 0. The minimum Gasteiger partial charge on any atom is -1.00 e. The van der Waals surface area contributed by atoms with Crippen LogP contribution in [0.5, 0.6) is 0 Å². The first-order valence-electron chi connectivity index (χ1n) is 2.63. The van der Waals surface area contributed by atoms with Gasteiger partial charge in [-0.05, 0) is 19.8 Å². The molecular formula is C6H15BrMg. The SMILES string of the molecule is CC(C)C(C)(C)Br.[H-].[H-].[Mg+2]. The fourth-order valence-electron chi connectivity index (χ4n) is 0. The van der Waals surface area contributed by atoms with Crippen LogP contribution >= 0.6 is 15.9 Å². The molecule has 0 N–H and O–H groups in total. The van der Waals surface area contributed by atoms with E-state index in [2.05, 4.69) is 43.6 Å². The molecular weight excluding hydrogens is 176 g/mol. The van der Waals surface area contributed by atoms with Gasteiger partial charge in [-0.1, -0.05) is 29.8 Å². The van der Waals surface area contributed by atoms with E-state index in [4.69, 9.17) is 0 Å². The van der Waals surface area contributed by atoms with Crippen LogP contribution in [0.3, 0.4) is 0 Å². The quantitative estimate of drug-likeness (QED) is 0.441. The molecule has 48 valence electrons. The molecule has 8 heavy (non-hydrogen) atoms.